The lowest BCUT2D eigenvalue weighted by Crippen LogP contribution is -2.50. The number of likely N-dealkylation sites (tertiary alicyclic amines) is 1. The number of nitrogens with one attached hydrogen (secondary N) is 3. The molecule has 0 saturated carbocycles. The Labute approximate surface area is 168 Å². The summed E-state index contributed by atoms with van der Waals surface area (Å²) in [6, 6.07) is 0.444. The Morgan fingerprint density at radius 2 is 2.00 bits per heavy atom. The standard InChI is InChI=1S/C16H33N5OS.HI/c1-4-18-16(19-9-5-6-12-23-3)20-14-7-10-21(11-8-14)13-15(22)17-2;/h14H,4-13H2,1-3H3,(H,17,22)(H2,18,19,20);1H. The van der Waals surface area contributed by atoms with Crippen molar-refractivity contribution in [2.45, 2.75) is 38.6 Å². The molecule has 1 saturated heterocycles. The first-order chi connectivity index (χ1) is 11.2. The SMILES string of the molecule is CCNC(=NCCCCSC)NC1CCN(CC(=O)NC)CC1.I. The van der Waals surface area contributed by atoms with Crippen LogP contribution in [0.2, 0.25) is 0 Å². The molecule has 1 amide bonds. The Morgan fingerprint density at radius 1 is 1.29 bits per heavy atom. The number of hydrogen-bond donors (Lipinski definition) is 3. The molecule has 0 unspecified atom stereocenters. The summed E-state index contributed by atoms with van der Waals surface area (Å²) in [5.74, 6) is 2.24. The highest BCUT2D eigenvalue weighted by Crippen LogP contribution is 2.09. The van der Waals surface area contributed by atoms with E-state index in [0.29, 0.717) is 12.6 Å². The number of nitrogens with zero attached hydrogens (tertiary/aromatic N) is 2. The second-order valence-corrected chi connectivity index (χ2v) is 6.81. The quantitative estimate of drug-likeness (QED) is 0.206. The number of unbranched alkanes of at least 4 members (excludes halogenated alkanes) is 1. The summed E-state index contributed by atoms with van der Waals surface area (Å²) in [5.41, 5.74) is 0. The number of thioether (sulfide) groups is 1. The zero-order chi connectivity index (χ0) is 16.9. The van der Waals surface area contributed by atoms with Crippen LogP contribution in [0.4, 0.5) is 0 Å². The smallest absolute Gasteiger partial charge is 0.233 e. The van der Waals surface area contributed by atoms with Gasteiger partial charge < -0.3 is 16.0 Å². The highest BCUT2D eigenvalue weighted by Gasteiger charge is 2.21. The third kappa shape index (κ3) is 10.6. The molecular weight excluding hydrogens is 437 g/mol. The van der Waals surface area contributed by atoms with Crippen LogP contribution in [0.1, 0.15) is 32.6 Å². The molecule has 0 radical (unpaired) electrons. The molecule has 0 bridgehead atoms. The molecule has 1 heterocycles. The maximum Gasteiger partial charge on any atom is 0.233 e. The number of likely N-dealkylation sites (N-methyl/N-ethyl adjacent to an activating group) is 1. The van der Waals surface area contributed by atoms with Crippen molar-refractivity contribution in [2.24, 2.45) is 4.99 Å². The van der Waals surface area contributed by atoms with Crippen LogP contribution < -0.4 is 16.0 Å². The molecule has 0 aromatic heterocycles. The highest BCUT2D eigenvalue weighted by molar-refractivity contribution is 14.0. The zero-order valence-corrected chi connectivity index (χ0v) is 18.4. The first kappa shape index (κ1) is 23.8. The van der Waals surface area contributed by atoms with Crippen LogP contribution in [0.15, 0.2) is 4.99 Å². The minimum atomic E-state index is 0. The minimum Gasteiger partial charge on any atom is -0.358 e. The van der Waals surface area contributed by atoms with Gasteiger partial charge in [0, 0.05) is 39.3 Å². The van der Waals surface area contributed by atoms with E-state index in [0.717, 1.165) is 51.4 Å². The molecule has 0 aromatic carbocycles. The number of amides is 1. The topological polar surface area (TPSA) is 68.8 Å². The van der Waals surface area contributed by atoms with Gasteiger partial charge in [-0.3, -0.25) is 14.7 Å². The van der Waals surface area contributed by atoms with Crippen LogP contribution in [0.3, 0.4) is 0 Å². The molecule has 8 heteroatoms. The number of piperidine rings is 1. The molecule has 6 nitrogen and oxygen atoms in total. The number of rotatable bonds is 9. The lowest BCUT2D eigenvalue weighted by atomic mass is 10.1. The van der Waals surface area contributed by atoms with Gasteiger partial charge in [0.2, 0.25) is 5.91 Å². The van der Waals surface area contributed by atoms with E-state index < -0.39 is 0 Å². The highest BCUT2D eigenvalue weighted by atomic mass is 127. The first-order valence-corrected chi connectivity index (χ1v) is 10.1. The molecule has 1 fully saturated rings. The van der Waals surface area contributed by atoms with Gasteiger partial charge >= 0.3 is 0 Å². The number of carbonyl (C=O) groups is 1. The van der Waals surface area contributed by atoms with E-state index in [1.165, 1.54) is 12.2 Å². The third-order valence-electron chi connectivity index (χ3n) is 3.95. The van der Waals surface area contributed by atoms with Gasteiger partial charge in [0.05, 0.1) is 6.54 Å². The monoisotopic (exact) mass is 471 g/mol. The molecule has 0 atom stereocenters. The fraction of sp³-hybridized carbons (Fsp3) is 0.875. The lowest BCUT2D eigenvalue weighted by molar-refractivity contribution is -0.122. The van der Waals surface area contributed by atoms with Crippen LogP contribution in [0, 0.1) is 0 Å². The molecule has 24 heavy (non-hydrogen) atoms. The summed E-state index contributed by atoms with van der Waals surface area (Å²) in [5, 5.41) is 9.55. The summed E-state index contributed by atoms with van der Waals surface area (Å²) >= 11 is 1.89. The number of guanidine groups is 1. The predicted molar refractivity (Wildman–Crippen MR) is 116 cm³/mol. The number of halogens is 1. The third-order valence-corrected chi connectivity index (χ3v) is 4.64. The normalized spacial score (nSPS) is 16.4. The van der Waals surface area contributed by atoms with Crippen LogP contribution >= 0.6 is 35.7 Å². The van der Waals surface area contributed by atoms with E-state index in [4.69, 9.17) is 0 Å². The Bertz CT molecular complexity index is 362. The fourth-order valence-electron chi connectivity index (χ4n) is 2.58. The molecule has 0 aliphatic carbocycles. The van der Waals surface area contributed by atoms with E-state index in [9.17, 15) is 4.79 Å². The molecular formula is C16H34IN5OS. The van der Waals surface area contributed by atoms with Crippen molar-refractivity contribution in [3.8, 4) is 0 Å². The fourth-order valence-corrected chi connectivity index (χ4v) is 3.07. The summed E-state index contributed by atoms with van der Waals surface area (Å²) < 4.78 is 0. The van der Waals surface area contributed by atoms with Crippen LogP contribution in [0.5, 0.6) is 0 Å². The molecule has 1 aliphatic heterocycles. The van der Waals surface area contributed by atoms with E-state index in [1.807, 2.05) is 11.8 Å². The van der Waals surface area contributed by atoms with Crippen molar-refractivity contribution < 1.29 is 4.79 Å². The van der Waals surface area contributed by atoms with Gasteiger partial charge in [0.25, 0.3) is 0 Å². The average Bonchev–Trinajstić information content (AvgIpc) is 2.56. The zero-order valence-electron chi connectivity index (χ0n) is 15.3. The van der Waals surface area contributed by atoms with Crippen molar-refractivity contribution in [2.75, 3.05) is 51.8 Å². The Kier molecular flexibility index (Phi) is 14.9. The van der Waals surface area contributed by atoms with Crippen molar-refractivity contribution >= 4 is 47.6 Å². The maximum absolute atomic E-state index is 11.4. The van der Waals surface area contributed by atoms with Gasteiger partial charge in [-0.15, -0.1) is 24.0 Å². The maximum atomic E-state index is 11.4. The average molecular weight is 471 g/mol. The Balaban J connectivity index is 0.00000529. The molecule has 0 aromatic rings. The second kappa shape index (κ2) is 15.1. The van der Waals surface area contributed by atoms with Crippen molar-refractivity contribution in [1.82, 2.24) is 20.9 Å². The summed E-state index contributed by atoms with van der Waals surface area (Å²) in [7, 11) is 1.69. The van der Waals surface area contributed by atoms with Crippen molar-refractivity contribution in [1.29, 1.82) is 0 Å². The Hall–Kier alpha value is -0.220. The molecule has 142 valence electrons. The summed E-state index contributed by atoms with van der Waals surface area (Å²) in [6.07, 6.45) is 6.61. The summed E-state index contributed by atoms with van der Waals surface area (Å²) in [4.78, 5) is 18.3. The van der Waals surface area contributed by atoms with E-state index in [1.54, 1.807) is 7.05 Å². The Morgan fingerprint density at radius 3 is 2.58 bits per heavy atom. The summed E-state index contributed by atoms with van der Waals surface area (Å²) in [6.45, 7) is 6.28. The number of hydrogen-bond acceptors (Lipinski definition) is 4. The van der Waals surface area contributed by atoms with Gasteiger partial charge in [0.1, 0.15) is 0 Å². The van der Waals surface area contributed by atoms with Gasteiger partial charge in [0.15, 0.2) is 5.96 Å². The van der Waals surface area contributed by atoms with Gasteiger partial charge in [-0.05, 0) is 44.6 Å². The predicted octanol–water partition coefficient (Wildman–Crippen LogP) is 1.51. The molecule has 3 N–H and O–H groups in total. The van der Waals surface area contributed by atoms with E-state index >= 15 is 0 Å². The van der Waals surface area contributed by atoms with Gasteiger partial charge in [-0.1, -0.05) is 0 Å². The van der Waals surface area contributed by atoms with Crippen LogP contribution in [-0.2, 0) is 4.79 Å². The van der Waals surface area contributed by atoms with Crippen molar-refractivity contribution in [3.05, 3.63) is 0 Å². The second-order valence-electron chi connectivity index (χ2n) is 5.83. The van der Waals surface area contributed by atoms with E-state index in [-0.39, 0.29) is 29.9 Å². The van der Waals surface area contributed by atoms with Gasteiger partial charge in [-0.25, -0.2) is 0 Å². The molecule has 1 aliphatic rings. The van der Waals surface area contributed by atoms with Gasteiger partial charge in [-0.2, -0.15) is 11.8 Å². The lowest BCUT2D eigenvalue weighted by Gasteiger charge is -2.32. The largest absolute Gasteiger partial charge is 0.358 e. The minimum absolute atomic E-state index is 0. The number of aliphatic imine (C=N–C) groups is 1. The van der Waals surface area contributed by atoms with E-state index in [2.05, 4.69) is 39.0 Å². The molecule has 0 spiro atoms. The van der Waals surface area contributed by atoms with Crippen molar-refractivity contribution in [3.63, 3.8) is 0 Å². The number of carbonyl (C=O) groups excluding carboxylic acids is 1. The van der Waals surface area contributed by atoms with Crippen LogP contribution in [-0.4, -0.2) is 74.6 Å². The van der Waals surface area contributed by atoms with Crippen LogP contribution in [0.25, 0.3) is 0 Å². The molecule has 1 rings (SSSR count). The first-order valence-electron chi connectivity index (χ1n) is 8.66.